The van der Waals surface area contributed by atoms with Crippen molar-refractivity contribution in [1.29, 1.82) is 0 Å². The molecule has 2 heterocycles. The zero-order valence-corrected chi connectivity index (χ0v) is 16.8. The first-order valence-corrected chi connectivity index (χ1v) is 9.77. The fraction of sp³-hybridized carbons (Fsp3) is 0.550. The Hall–Kier alpha value is -2.09. The molecule has 3 unspecified atom stereocenters. The van der Waals surface area contributed by atoms with Crippen molar-refractivity contribution >= 4 is 11.6 Å². The minimum Gasteiger partial charge on any atom is -0.461 e. The molecule has 172 valence electrons. The van der Waals surface area contributed by atoms with E-state index < -0.39 is 62.4 Å². The molecule has 6 N–H and O–H groups in total. The molecule has 0 bridgehead atoms. The van der Waals surface area contributed by atoms with Crippen molar-refractivity contribution in [2.24, 2.45) is 0 Å². The van der Waals surface area contributed by atoms with E-state index in [0.29, 0.717) is 11.4 Å². The number of carbonyl (C=O) groups is 1. The third-order valence-corrected chi connectivity index (χ3v) is 4.88. The Labute approximate surface area is 178 Å². The Morgan fingerprint density at radius 3 is 2.26 bits per heavy atom. The van der Waals surface area contributed by atoms with Gasteiger partial charge in [0, 0.05) is 12.6 Å². The van der Waals surface area contributed by atoms with E-state index in [4.69, 9.17) is 18.9 Å². The highest BCUT2D eigenvalue weighted by atomic mass is 16.7. The number of amides is 1. The Morgan fingerprint density at radius 1 is 0.968 bits per heavy atom. The number of carbonyl (C=O) groups excluding carboxylic acids is 1. The number of aliphatic hydroxyl groups is 5. The van der Waals surface area contributed by atoms with Crippen LogP contribution in [0.3, 0.4) is 0 Å². The number of benzene rings is 1. The first-order valence-electron chi connectivity index (χ1n) is 9.77. The van der Waals surface area contributed by atoms with Gasteiger partial charge in [0.25, 0.3) is 0 Å². The molecular formula is C20H27NO10. The number of rotatable bonds is 7. The molecule has 2 aliphatic rings. The van der Waals surface area contributed by atoms with Gasteiger partial charge in [-0.15, -0.1) is 0 Å². The fourth-order valence-electron chi connectivity index (χ4n) is 3.26. The maximum atomic E-state index is 11.1. The lowest BCUT2D eigenvalue weighted by Gasteiger charge is -2.42. The molecule has 1 aromatic rings. The number of nitrogens with one attached hydrogen (secondary N) is 1. The lowest BCUT2D eigenvalue weighted by molar-refractivity contribution is -0.317. The van der Waals surface area contributed by atoms with Gasteiger partial charge >= 0.3 is 0 Å². The molecule has 3 rings (SSSR count). The monoisotopic (exact) mass is 441 g/mol. The van der Waals surface area contributed by atoms with E-state index >= 15 is 0 Å². The van der Waals surface area contributed by atoms with Crippen molar-refractivity contribution in [3.05, 3.63) is 36.4 Å². The van der Waals surface area contributed by atoms with E-state index in [-0.39, 0.29) is 5.91 Å². The van der Waals surface area contributed by atoms with Crippen LogP contribution >= 0.6 is 0 Å². The van der Waals surface area contributed by atoms with Gasteiger partial charge in [0.05, 0.1) is 13.2 Å². The minimum absolute atomic E-state index is 0.191. The van der Waals surface area contributed by atoms with Gasteiger partial charge in [-0.3, -0.25) is 4.79 Å². The van der Waals surface area contributed by atoms with Crippen LogP contribution in [0.15, 0.2) is 36.4 Å². The highest BCUT2D eigenvalue weighted by Crippen LogP contribution is 2.27. The summed E-state index contributed by atoms with van der Waals surface area (Å²) in [6.07, 6.45) is -6.57. The van der Waals surface area contributed by atoms with E-state index in [0.717, 1.165) is 0 Å². The highest BCUT2D eigenvalue weighted by Gasteiger charge is 2.45. The lowest BCUT2D eigenvalue weighted by Crippen LogP contribution is -2.60. The van der Waals surface area contributed by atoms with Gasteiger partial charge in [-0.25, -0.2) is 0 Å². The summed E-state index contributed by atoms with van der Waals surface area (Å²) in [5.41, 5.74) is 0.612. The molecule has 31 heavy (non-hydrogen) atoms. The van der Waals surface area contributed by atoms with Crippen LogP contribution in [-0.4, -0.2) is 93.9 Å². The predicted octanol–water partition coefficient (Wildman–Crippen LogP) is -1.52. The summed E-state index contributed by atoms with van der Waals surface area (Å²) in [5.74, 6) is 0.275. The molecule has 0 radical (unpaired) electrons. The molecule has 11 nitrogen and oxygen atoms in total. The summed E-state index contributed by atoms with van der Waals surface area (Å²) in [4.78, 5) is 11.1. The molecule has 8 atom stereocenters. The van der Waals surface area contributed by atoms with Gasteiger partial charge in [-0.05, 0) is 30.3 Å². The van der Waals surface area contributed by atoms with Gasteiger partial charge in [-0.1, -0.05) is 6.08 Å². The van der Waals surface area contributed by atoms with Crippen LogP contribution in [-0.2, 0) is 19.0 Å². The Balaban J connectivity index is 1.62. The largest absolute Gasteiger partial charge is 0.461 e. The quantitative estimate of drug-likeness (QED) is 0.274. The zero-order chi connectivity index (χ0) is 22.5. The summed E-state index contributed by atoms with van der Waals surface area (Å²) in [6.45, 7) is 0.387. The van der Waals surface area contributed by atoms with Crippen molar-refractivity contribution in [2.75, 3.05) is 18.5 Å². The van der Waals surface area contributed by atoms with Crippen LogP contribution in [0.1, 0.15) is 6.92 Å². The van der Waals surface area contributed by atoms with Crippen molar-refractivity contribution in [2.45, 2.75) is 56.1 Å². The summed E-state index contributed by atoms with van der Waals surface area (Å²) in [6, 6.07) is 6.62. The molecule has 1 fully saturated rings. The molecule has 0 aliphatic carbocycles. The third kappa shape index (κ3) is 5.79. The average Bonchev–Trinajstić information content (AvgIpc) is 2.76. The van der Waals surface area contributed by atoms with Crippen LogP contribution in [0.25, 0.3) is 0 Å². The smallest absolute Gasteiger partial charge is 0.221 e. The maximum Gasteiger partial charge on any atom is 0.221 e. The van der Waals surface area contributed by atoms with Crippen molar-refractivity contribution < 1.29 is 49.3 Å². The van der Waals surface area contributed by atoms with E-state index in [2.05, 4.69) is 5.32 Å². The molecule has 1 saturated heterocycles. The van der Waals surface area contributed by atoms with Gasteiger partial charge in [0.15, 0.2) is 6.29 Å². The summed E-state index contributed by atoms with van der Waals surface area (Å²) in [5, 5.41) is 51.4. The fourth-order valence-corrected chi connectivity index (χ4v) is 3.26. The minimum atomic E-state index is -1.58. The van der Waals surface area contributed by atoms with E-state index in [9.17, 15) is 30.3 Å². The molecule has 11 heteroatoms. The zero-order valence-electron chi connectivity index (χ0n) is 16.8. The van der Waals surface area contributed by atoms with Gasteiger partial charge < -0.3 is 49.8 Å². The molecule has 2 aliphatic heterocycles. The molecule has 0 saturated carbocycles. The molecule has 0 aromatic heterocycles. The second-order valence-corrected chi connectivity index (χ2v) is 7.23. The van der Waals surface area contributed by atoms with Crippen molar-refractivity contribution in [1.82, 2.24) is 0 Å². The maximum absolute atomic E-state index is 11.1. The second kappa shape index (κ2) is 10.5. The molecule has 1 amide bonds. The van der Waals surface area contributed by atoms with Crippen LogP contribution < -0.4 is 10.1 Å². The van der Waals surface area contributed by atoms with Gasteiger partial charge in [0.1, 0.15) is 42.4 Å². The summed E-state index contributed by atoms with van der Waals surface area (Å²) >= 11 is 0. The summed E-state index contributed by atoms with van der Waals surface area (Å²) in [7, 11) is 0. The first kappa shape index (κ1) is 23.6. The number of anilines is 1. The van der Waals surface area contributed by atoms with Crippen molar-refractivity contribution in [3.8, 4) is 5.75 Å². The standard InChI is InChI=1S/C20H27NO10/c1-10(24)21-11-2-4-12(5-3-11)28-16-7-6-13(14(8-22)29-16)30-20-19(27)18(26)17(25)15(9-23)31-20/h2-7,13-20,22-23,25-27H,8-9H2,1H3,(H,21,24)/t13-,14?,15+,16-,17+,18?,19+,20?/m0/s1. The van der Waals surface area contributed by atoms with Crippen LogP contribution in [0.2, 0.25) is 0 Å². The second-order valence-electron chi connectivity index (χ2n) is 7.23. The number of ether oxygens (including phenoxy) is 4. The third-order valence-electron chi connectivity index (χ3n) is 4.88. The van der Waals surface area contributed by atoms with Crippen LogP contribution in [0.4, 0.5) is 5.69 Å². The van der Waals surface area contributed by atoms with E-state index in [1.54, 1.807) is 36.4 Å². The summed E-state index contributed by atoms with van der Waals surface area (Å²) < 4.78 is 22.3. The lowest BCUT2D eigenvalue weighted by atomic mass is 9.99. The SMILES string of the molecule is CC(=O)Nc1ccc(O[C@@H]2C=C[C@H](OC3O[C@H](CO)[C@@H](O)C(O)[C@H]3O)C(CO)O2)cc1. The highest BCUT2D eigenvalue weighted by molar-refractivity contribution is 5.88. The van der Waals surface area contributed by atoms with E-state index in [1.807, 2.05) is 0 Å². The number of hydrogen-bond acceptors (Lipinski definition) is 10. The van der Waals surface area contributed by atoms with Gasteiger partial charge in [-0.2, -0.15) is 0 Å². The van der Waals surface area contributed by atoms with E-state index in [1.165, 1.54) is 6.92 Å². The first-order chi connectivity index (χ1) is 14.8. The topological polar surface area (TPSA) is 167 Å². The Kier molecular flexibility index (Phi) is 7.97. The molecular weight excluding hydrogens is 414 g/mol. The van der Waals surface area contributed by atoms with Gasteiger partial charge in [0.2, 0.25) is 12.2 Å². The Bertz CT molecular complexity index is 755. The number of aliphatic hydroxyl groups excluding tert-OH is 5. The van der Waals surface area contributed by atoms with Crippen LogP contribution in [0, 0.1) is 0 Å². The number of hydrogen-bond donors (Lipinski definition) is 6. The van der Waals surface area contributed by atoms with Crippen molar-refractivity contribution in [3.63, 3.8) is 0 Å². The predicted molar refractivity (Wildman–Crippen MR) is 105 cm³/mol. The Morgan fingerprint density at radius 2 is 1.65 bits per heavy atom. The normalized spacial score (nSPS) is 35.5. The molecule has 0 spiro atoms. The molecule has 1 aromatic carbocycles. The average molecular weight is 441 g/mol. The van der Waals surface area contributed by atoms with Crippen LogP contribution in [0.5, 0.6) is 5.75 Å².